The van der Waals surface area contributed by atoms with Gasteiger partial charge in [-0.15, -0.1) is 0 Å². The number of methoxy groups -OCH3 is 2. The first-order valence-corrected chi connectivity index (χ1v) is 4.46. The first kappa shape index (κ1) is 12.8. The first-order chi connectivity index (χ1) is 7.37. The Kier molecular flexibility index (Phi) is 3.79. The van der Waals surface area contributed by atoms with Gasteiger partial charge >= 0.3 is 12.2 Å². The fourth-order valence-electron chi connectivity index (χ4n) is 1.03. The van der Waals surface area contributed by atoms with Gasteiger partial charge in [0, 0.05) is 0 Å². The molecule has 0 radical (unpaired) electrons. The minimum Gasteiger partial charge on any atom is -0.481 e. The number of hydrogen-bond acceptors (Lipinski definition) is 4. The van der Waals surface area contributed by atoms with E-state index in [1.165, 1.54) is 14.2 Å². The second-order valence-electron chi connectivity index (χ2n) is 2.78. The Hall–Kier alpha value is -1.24. The molecule has 16 heavy (non-hydrogen) atoms. The largest absolute Gasteiger partial charge is 0.481 e. The second kappa shape index (κ2) is 4.73. The summed E-state index contributed by atoms with van der Waals surface area (Å²) in [5.41, 5.74) is -0.308. The lowest BCUT2D eigenvalue weighted by Crippen LogP contribution is -2.14. The summed E-state index contributed by atoms with van der Waals surface area (Å²) in [6.07, 6.45) is -5.66. The molecule has 1 heterocycles. The highest BCUT2D eigenvalue weighted by atomic mass is 35.5. The molecule has 8 heteroatoms. The Bertz CT molecular complexity index is 384. The number of halogens is 4. The number of ether oxygens (including phenoxy) is 2. The van der Waals surface area contributed by atoms with E-state index < -0.39 is 12.6 Å². The van der Waals surface area contributed by atoms with Gasteiger partial charge in [0.05, 0.1) is 26.2 Å². The highest BCUT2D eigenvalue weighted by Gasteiger charge is 2.32. The van der Waals surface area contributed by atoms with Crippen LogP contribution in [0.4, 0.5) is 13.2 Å². The summed E-state index contributed by atoms with van der Waals surface area (Å²) >= 11 is 5.59. The third kappa shape index (κ3) is 3.13. The molecule has 90 valence electrons. The molecule has 0 aliphatic rings. The molecule has 0 spiro atoms. The molecule has 0 unspecified atom stereocenters. The predicted octanol–water partition coefficient (Wildman–Crippen LogP) is 2.25. The van der Waals surface area contributed by atoms with Crippen molar-refractivity contribution in [1.82, 2.24) is 9.97 Å². The van der Waals surface area contributed by atoms with Gasteiger partial charge in [-0.2, -0.15) is 23.1 Å². The number of aromatic nitrogens is 2. The molecular formula is C8H8ClF3N2O2. The normalized spacial score (nSPS) is 11.4. The van der Waals surface area contributed by atoms with Crippen molar-refractivity contribution in [2.24, 2.45) is 0 Å². The topological polar surface area (TPSA) is 44.2 Å². The molecule has 1 aromatic rings. The third-order valence-corrected chi connectivity index (χ3v) is 1.96. The molecule has 0 aliphatic heterocycles. The van der Waals surface area contributed by atoms with Gasteiger partial charge in [0.1, 0.15) is 5.15 Å². The van der Waals surface area contributed by atoms with Crippen molar-refractivity contribution in [2.45, 2.75) is 12.6 Å². The molecule has 0 aromatic carbocycles. The van der Waals surface area contributed by atoms with Gasteiger partial charge in [-0.1, -0.05) is 11.6 Å². The Morgan fingerprint density at radius 1 is 1.19 bits per heavy atom. The summed E-state index contributed by atoms with van der Waals surface area (Å²) in [4.78, 5) is 7.15. The van der Waals surface area contributed by atoms with Gasteiger partial charge in [-0.25, -0.2) is 0 Å². The van der Waals surface area contributed by atoms with Crippen LogP contribution in [0.5, 0.6) is 11.9 Å². The summed E-state index contributed by atoms with van der Waals surface area (Å²) in [6.45, 7) is 0. The lowest BCUT2D eigenvalue weighted by molar-refractivity contribution is -0.127. The zero-order chi connectivity index (χ0) is 12.3. The van der Waals surface area contributed by atoms with Crippen LogP contribution in [0.2, 0.25) is 5.15 Å². The van der Waals surface area contributed by atoms with Crippen molar-refractivity contribution in [3.63, 3.8) is 0 Å². The van der Waals surface area contributed by atoms with Gasteiger partial charge in [-0.05, 0) is 0 Å². The Morgan fingerprint density at radius 2 is 1.81 bits per heavy atom. The highest BCUT2D eigenvalue weighted by molar-refractivity contribution is 6.30. The quantitative estimate of drug-likeness (QED) is 0.778. The number of nitrogens with zero attached hydrogens (tertiary/aromatic N) is 2. The predicted molar refractivity (Wildman–Crippen MR) is 49.9 cm³/mol. The lowest BCUT2D eigenvalue weighted by atomic mass is 10.2. The monoisotopic (exact) mass is 256 g/mol. The molecule has 0 saturated carbocycles. The van der Waals surface area contributed by atoms with E-state index in [4.69, 9.17) is 16.3 Å². The van der Waals surface area contributed by atoms with Crippen molar-refractivity contribution >= 4 is 11.6 Å². The van der Waals surface area contributed by atoms with Crippen LogP contribution in [0.25, 0.3) is 0 Å². The molecule has 0 bridgehead atoms. The molecule has 0 aliphatic carbocycles. The molecule has 0 fully saturated rings. The van der Waals surface area contributed by atoms with Gasteiger partial charge in [-0.3, -0.25) is 0 Å². The summed E-state index contributed by atoms with van der Waals surface area (Å²) < 4.78 is 46.0. The van der Waals surface area contributed by atoms with E-state index in [1.54, 1.807) is 0 Å². The molecule has 4 nitrogen and oxygen atoms in total. The van der Waals surface area contributed by atoms with Crippen molar-refractivity contribution in [3.8, 4) is 11.9 Å². The van der Waals surface area contributed by atoms with Gasteiger partial charge in [0.15, 0.2) is 0 Å². The maximum Gasteiger partial charge on any atom is 0.393 e. The average Bonchev–Trinajstić information content (AvgIpc) is 2.19. The maximum atomic E-state index is 12.2. The SMILES string of the molecule is COc1nc(Cl)c(CC(F)(F)F)c(OC)n1. The van der Waals surface area contributed by atoms with Crippen LogP contribution >= 0.6 is 11.6 Å². The Balaban J connectivity index is 3.16. The van der Waals surface area contributed by atoms with Crippen molar-refractivity contribution < 1.29 is 22.6 Å². The van der Waals surface area contributed by atoms with Crippen LogP contribution < -0.4 is 9.47 Å². The fourth-order valence-corrected chi connectivity index (χ4v) is 1.25. The van der Waals surface area contributed by atoms with E-state index in [1.807, 2.05) is 0 Å². The molecule has 1 aromatic heterocycles. The molecule has 0 atom stereocenters. The number of rotatable bonds is 3. The van der Waals surface area contributed by atoms with Gasteiger partial charge in [0.25, 0.3) is 0 Å². The van der Waals surface area contributed by atoms with E-state index in [9.17, 15) is 13.2 Å². The molecule has 0 N–H and O–H groups in total. The molecule has 0 saturated heterocycles. The van der Waals surface area contributed by atoms with Crippen molar-refractivity contribution in [3.05, 3.63) is 10.7 Å². The zero-order valence-electron chi connectivity index (χ0n) is 8.43. The standard InChI is InChI=1S/C8H8ClF3N2O2/c1-15-6-4(3-8(10,11)12)5(9)13-7(14-6)16-2/h3H2,1-2H3. The van der Waals surface area contributed by atoms with Crippen LogP contribution in [0, 0.1) is 0 Å². The van der Waals surface area contributed by atoms with Crippen LogP contribution in [0.3, 0.4) is 0 Å². The Labute approximate surface area is 94.4 Å². The molecular weight excluding hydrogens is 249 g/mol. The molecule has 0 amide bonds. The van der Waals surface area contributed by atoms with E-state index in [2.05, 4.69) is 14.7 Å². The summed E-state index contributed by atoms with van der Waals surface area (Å²) in [6, 6.07) is -0.146. The van der Waals surface area contributed by atoms with Crippen LogP contribution in [-0.4, -0.2) is 30.4 Å². The summed E-state index contributed by atoms with van der Waals surface area (Å²) in [5.74, 6) is -0.242. The average molecular weight is 257 g/mol. The van der Waals surface area contributed by atoms with E-state index in [-0.39, 0.29) is 22.6 Å². The first-order valence-electron chi connectivity index (χ1n) is 4.08. The van der Waals surface area contributed by atoms with Crippen molar-refractivity contribution in [2.75, 3.05) is 14.2 Å². The minimum atomic E-state index is -4.41. The van der Waals surface area contributed by atoms with Gasteiger partial charge in [0.2, 0.25) is 5.88 Å². The van der Waals surface area contributed by atoms with Crippen LogP contribution in [0.1, 0.15) is 5.56 Å². The van der Waals surface area contributed by atoms with Crippen LogP contribution in [-0.2, 0) is 6.42 Å². The van der Waals surface area contributed by atoms with E-state index in [0.29, 0.717) is 0 Å². The van der Waals surface area contributed by atoms with E-state index >= 15 is 0 Å². The summed E-state index contributed by atoms with van der Waals surface area (Å²) in [7, 11) is 2.46. The zero-order valence-corrected chi connectivity index (χ0v) is 9.19. The maximum absolute atomic E-state index is 12.2. The highest BCUT2D eigenvalue weighted by Crippen LogP contribution is 2.31. The number of hydrogen-bond donors (Lipinski definition) is 0. The lowest BCUT2D eigenvalue weighted by Gasteiger charge is -2.11. The Morgan fingerprint density at radius 3 is 2.25 bits per heavy atom. The van der Waals surface area contributed by atoms with Crippen LogP contribution in [0.15, 0.2) is 0 Å². The third-order valence-electron chi connectivity index (χ3n) is 1.65. The van der Waals surface area contributed by atoms with E-state index in [0.717, 1.165) is 0 Å². The summed E-state index contributed by atoms with van der Waals surface area (Å²) in [5, 5.41) is -0.332. The van der Waals surface area contributed by atoms with Crippen molar-refractivity contribution in [1.29, 1.82) is 0 Å². The minimum absolute atomic E-state index is 0.146. The number of alkyl halides is 3. The molecule has 1 rings (SSSR count). The second-order valence-corrected chi connectivity index (χ2v) is 3.14. The van der Waals surface area contributed by atoms with Gasteiger partial charge < -0.3 is 9.47 Å². The smallest absolute Gasteiger partial charge is 0.393 e. The fraction of sp³-hybridized carbons (Fsp3) is 0.500.